The highest BCUT2D eigenvalue weighted by Crippen LogP contribution is 2.27. The van der Waals surface area contributed by atoms with E-state index in [0.29, 0.717) is 41.8 Å². The number of benzene rings is 1. The number of carbonyl (C=O) groups is 1. The lowest BCUT2D eigenvalue weighted by molar-refractivity contribution is -0.384. The maximum atomic E-state index is 12.9. The topological polar surface area (TPSA) is 105 Å². The molecule has 3 rings (SSSR count). The van der Waals surface area contributed by atoms with Gasteiger partial charge in [0.2, 0.25) is 0 Å². The number of aryl methyl sites for hydroxylation is 1. The van der Waals surface area contributed by atoms with Crippen LogP contribution in [-0.2, 0) is 17.8 Å². The minimum Gasteiger partial charge on any atom is -0.383 e. The number of carbonyl (C=O) groups excluding carboxylic acids is 1. The zero-order valence-corrected chi connectivity index (χ0v) is 19.1. The molecule has 1 aromatic carbocycles. The standard InChI is InChI=1S/C22H25N5O4S/c1-5-10-26-21(17-6-8-18(9-7-17)27(29)30)23-24-22(26)32-14-20(28)19-13-15(2)25(16(19)3)11-12-31-4/h5-9,13H,1,10-12,14H2,2-4H3. The van der Waals surface area contributed by atoms with Crippen LogP contribution in [0.4, 0.5) is 5.69 Å². The fourth-order valence-electron chi connectivity index (χ4n) is 3.45. The largest absolute Gasteiger partial charge is 0.383 e. The van der Waals surface area contributed by atoms with Crippen molar-refractivity contribution in [1.82, 2.24) is 19.3 Å². The third-order valence-corrected chi connectivity index (χ3v) is 6.06. The molecule has 3 aromatic rings. The maximum Gasteiger partial charge on any atom is 0.269 e. The molecule has 0 spiro atoms. The Morgan fingerprint density at radius 1 is 1.25 bits per heavy atom. The van der Waals surface area contributed by atoms with Crippen molar-refractivity contribution in [2.75, 3.05) is 19.5 Å². The average molecular weight is 456 g/mol. The van der Waals surface area contributed by atoms with E-state index in [0.717, 1.165) is 11.4 Å². The van der Waals surface area contributed by atoms with Crippen molar-refractivity contribution in [2.24, 2.45) is 0 Å². The molecule has 0 N–H and O–H groups in total. The minimum atomic E-state index is -0.447. The lowest BCUT2D eigenvalue weighted by Gasteiger charge is -2.09. The van der Waals surface area contributed by atoms with E-state index in [1.165, 1.54) is 23.9 Å². The van der Waals surface area contributed by atoms with Crippen molar-refractivity contribution in [3.8, 4) is 11.4 Å². The molecule has 0 unspecified atom stereocenters. The second kappa shape index (κ2) is 10.4. The van der Waals surface area contributed by atoms with Gasteiger partial charge >= 0.3 is 0 Å². The molecule has 0 aliphatic heterocycles. The molecule has 0 amide bonds. The quantitative estimate of drug-likeness (QED) is 0.141. The van der Waals surface area contributed by atoms with Crippen molar-refractivity contribution >= 4 is 23.2 Å². The number of ketones is 1. The second-order valence-electron chi connectivity index (χ2n) is 7.15. The fraction of sp³-hybridized carbons (Fsp3) is 0.318. The van der Waals surface area contributed by atoms with Gasteiger partial charge in [0.15, 0.2) is 16.8 Å². The molecule has 0 atom stereocenters. The maximum absolute atomic E-state index is 12.9. The number of thioether (sulfide) groups is 1. The van der Waals surface area contributed by atoms with Gasteiger partial charge in [-0.15, -0.1) is 16.8 Å². The highest BCUT2D eigenvalue weighted by Gasteiger charge is 2.19. The SMILES string of the molecule is C=CCn1c(SCC(=O)c2cc(C)n(CCOC)c2C)nnc1-c1ccc([N+](=O)[O-])cc1. The summed E-state index contributed by atoms with van der Waals surface area (Å²) in [6.45, 7) is 9.42. The molecule has 0 fully saturated rings. The smallest absolute Gasteiger partial charge is 0.269 e. The van der Waals surface area contributed by atoms with Crippen LogP contribution in [0.2, 0.25) is 0 Å². The number of hydrogen-bond donors (Lipinski definition) is 0. The Kier molecular flexibility index (Phi) is 7.60. The monoisotopic (exact) mass is 455 g/mol. The molecule has 0 radical (unpaired) electrons. The van der Waals surface area contributed by atoms with E-state index in [1.807, 2.05) is 24.5 Å². The van der Waals surface area contributed by atoms with Crippen LogP contribution in [-0.4, -0.2) is 49.5 Å². The molecule has 0 saturated heterocycles. The number of rotatable bonds is 11. The van der Waals surface area contributed by atoms with Crippen molar-refractivity contribution in [3.05, 3.63) is 70.1 Å². The predicted octanol–water partition coefficient (Wildman–Crippen LogP) is 4.08. The summed E-state index contributed by atoms with van der Waals surface area (Å²) in [7, 11) is 1.65. The predicted molar refractivity (Wildman–Crippen MR) is 123 cm³/mol. The van der Waals surface area contributed by atoms with E-state index in [2.05, 4.69) is 21.3 Å². The van der Waals surface area contributed by atoms with E-state index >= 15 is 0 Å². The first-order chi connectivity index (χ1) is 15.4. The summed E-state index contributed by atoms with van der Waals surface area (Å²) in [5, 5.41) is 20.0. The zero-order valence-electron chi connectivity index (χ0n) is 18.3. The Hall–Kier alpha value is -3.24. The number of nitrogens with zero attached hydrogens (tertiary/aromatic N) is 5. The van der Waals surface area contributed by atoms with Gasteiger partial charge in [0.05, 0.1) is 17.3 Å². The molecule has 0 bridgehead atoms. The zero-order chi connectivity index (χ0) is 23.3. The van der Waals surface area contributed by atoms with Crippen LogP contribution in [0.1, 0.15) is 21.7 Å². The van der Waals surface area contributed by atoms with Crippen LogP contribution in [0, 0.1) is 24.0 Å². The third-order valence-electron chi connectivity index (χ3n) is 5.09. The molecular formula is C22H25N5O4S. The van der Waals surface area contributed by atoms with E-state index in [9.17, 15) is 14.9 Å². The summed E-state index contributed by atoms with van der Waals surface area (Å²) < 4.78 is 9.07. The summed E-state index contributed by atoms with van der Waals surface area (Å²) in [6, 6.07) is 8.03. The number of hydrogen-bond acceptors (Lipinski definition) is 7. The van der Waals surface area contributed by atoms with E-state index in [-0.39, 0.29) is 17.2 Å². The second-order valence-corrected chi connectivity index (χ2v) is 8.09. The Morgan fingerprint density at radius 2 is 1.97 bits per heavy atom. The molecule has 2 heterocycles. The van der Waals surface area contributed by atoms with E-state index in [4.69, 9.17) is 4.74 Å². The highest BCUT2D eigenvalue weighted by atomic mass is 32.2. The van der Waals surface area contributed by atoms with Gasteiger partial charge in [0, 0.05) is 54.8 Å². The fourth-order valence-corrected chi connectivity index (χ4v) is 4.28. The lowest BCUT2D eigenvalue weighted by Crippen LogP contribution is -2.10. The Balaban J connectivity index is 1.79. The van der Waals surface area contributed by atoms with Crippen molar-refractivity contribution in [2.45, 2.75) is 32.1 Å². The van der Waals surface area contributed by atoms with Crippen LogP contribution >= 0.6 is 11.8 Å². The normalized spacial score (nSPS) is 11.0. The first kappa shape index (κ1) is 23.4. The van der Waals surface area contributed by atoms with Crippen LogP contribution in [0.25, 0.3) is 11.4 Å². The first-order valence-corrected chi connectivity index (χ1v) is 11.0. The van der Waals surface area contributed by atoms with Gasteiger partial charge in [-0.3, -0.25) is 19.5 Å². The molecule has 0 aliphatic carbocycles. The third kappa shape index (κ3) is 4.97. The van der Waals surface area contributed by atoms with Crippen LogP contribution in [0.15, 0.2) is 48.1 Å². The summed E-state index contributed by atoms with van der Waals surface area (Å²) >= 11 is 1.31. The van der Waals surface area contributed by atoms with Crippen molar-refractivity contribution in [3.63, 3.8) is 0 Å². The summed E-state index contributed by atoms with van der Waals surface area (Å²) in [4.78, 5) is 23.4. The van der Waals surface area contributed by atoms with Gasteiger partial charge in [-0.25, -0.2) is 0 Å². The van der Waals surface area contributed by atoms with Crippen molar-refractivity contribution < 1.29 is 14.5 Å². The molecule has 0 aliphatic rings. The van der Waals surface area contributed by atoms with Gasteiger partial charge in [0.25, 0.3) is 5.69 Å². The van der Waals surface area contributed by atoms with Crippen LogP contribution < -0.4 is 0 Å². The van der Waals surface area contributed by atoms with Gasteiger partial charge < -0.3 is 9.30 Å². The van der Waals surface area contributed by atoms with Gasteiger partial charge in [-0.2, -0.15) is 0 Å². The first-order valence-electron chi connectivity index (χ1n) is 9.98. The lowest BCUT2D eigenvalue weighted by atomic mass is 10.2. The molecule has 32 heavy (non-hydrogen) atoms. The molecule has 2 aromatic heterocycles. The molecule has 168 valence electrons. The van der Waals surface area contributed by atoms with E-state index in [1.54, 1.807) is 25.3 Å². The number of ether oxygens (including phenoxy) is 1. The molecule has 9 nitrogen and oxygen atoms in total. The van der Waals surface area contributed by atoms with Gasteiger partial charge in [-0.05, 0) is 32.0 Å². The summed E-state index contributed by atoms with van der Waals surface area (Å²) in [5.41, 5.74) is 3.33. The van der Waals surface area contributed by atoms with Crippen molar-refractivity contribution in [1.29, 1.82) is 0 Å². The average Bonchev–Trinajstić information content (AvgIpc) is 3.31. The Labute approximate surface area is 190 Å². The highest BCUT2D eigenvalue weighted by molar-refractivity contribution is 7.99. The van der Waals surface area contributed by atoms with Crippen LogP contribution in [0.5, 0.6) is 0 Å². The number of methoxy groups -OCH3 is 1. The number of aromatic nitrogens is 4. The summed E-state index contributed by atoms with van der Waals surface area (Å²) in [6.07, 6.45) is 1.72. The molecule has 10 heteroatoms. The Bertz CT molecular complexity index is 1130. The van der Waals surface area contributed by atoms with E-state index < -0.39 is 4.92 Å². The van der Waals surface area contributed by atoms with Gasteiger partial charge in [0.1, 0.15) is 0 Å². The van der Waals surface area contributed by atoms with Gasteiger partial charge in [-0.1, -0.05) is 17.8 Å². The number of nitro groups is 1. The number of nitro benzene ring substituents is 1. The number of non-ortho nitro benzene ring substituents is 1. The number of allylic oxidation sites excluding steroid dienone is 1. The molecular weight excluding hydrogens is 430 g/mol. The number of Topliss-reactive ketones (excluding diaryl/α,β-unsaturated/α-hetero) is 1. The summed E-state index contributed by atoms with van der Waals surface area (Å²) in [5.74, 6) is 0.786. The minimum absolute atomic E-state index is 0.00632. The van der Waals surface area contributed by atoms with Crippen LogP contribution in [0.3, 0.4) is 0 Å². The Morgan fingerprint density at radius 3 is 2.59 bits per heavy atom. The molecule has 0 saturated carbocycles.